The van der Waals surface area contributed by atoms with Crippen LogP contribution in [0, 0.1) is 5.92 Å². The predicted molar refractivity (Wildman–Crippen MR) is 77.8 cm³/mol. The zero-order valence-corrected chi connectivity index (χ0v) is 11.9. The molecule has 0 aliphatic heterocycles. The summed E-state index contributed by atoms with van der Waals surface area (Å²) < 4.78 is 0. The molecule has 19 heavy (non-hydrogen) atoms. The number of carbonyl (C=O) groups excluding carboxylic acids is 1. The second-order valence-corrected chi connectivity index (χ2v) is 5.63. The first-order valence-corrected chi connectivity index (χ1v) is 7.20. The van der Waals surface area contributed by atoms with E-state index in [1.165, 1.54) is 5.56 Å². The third-order valence-electron chi connectivity index (χ3n) is 3.84. The molecule has 0 aromatic heterocycles. The molecule has 3 heteroatoms. The van der Waals surface area contributed by atoms with Crippen LogP contribution in [-0.4, -0.2) is 29.9 Å². The summed E-state index contributed by atoms with van der Waals surface area (Å²) in [6, 6.07) is 10.6. The van der Waals surface area contributed by atoms with E-state index in [2.05, 4.69) is 26.0 Å². The van der Waals surface area contributed by atoms with Crippen LogP contribution >= 0.6 is 0 Å². The van der Waals surface area contributed by atoms with Crippen LogP contribution in [-0.2, 0) is 4.79 Å². The lowest BCUT2D eigenvalue weighted by molar-refractivity contribution is -0.134. The van der Waals surface area contributed by atoms with E-state index in [1.807, 2.05) is 23.1 Å². The third-order valence-corrected chi connectivity index (χ3v) is 3.84. The Hall–Kier alpha value is -1.35. The highest BCUT2D eigenvalue weighted by molar-refractivity contribution is 5.83. The first-order valence-electron chi connectivity index (χ1n) is 7.20. The highest BCUT2D eigenvalue weighted by Crippen LogP contribution is 2.48. The quantitative estimate of drug-likeness (QED) is 0.853. The van der Waals surface area contributed by atoms with E-state index in [4.69, 9.17) is 5.73 Å². The van der Waals surface area contributed by atoms with E-state index in [1.54, 1.807) is 0 Å². The fourth-order valence-electron chi connectivity index (χ4n) is 2.63. The lowest BCUT2D eigenvalue weighted by Crippen LogP contribution is -2.39. The van der Waals surface area contributed by atoms with Crippen molar-refractivity contribution in [2.45, 2.75) is 38.6 Å². The monoisotopic (exact) mass is 260 g/mol. The minimum atomic E-state index is 0.183. The third kappa shape index (κ3) is 3.35. The minimum absolute atomic E-state index is 0.183. The standard InChI is InChI=1S/C16H24N2O/c1-12(2)18(10-6-9-17)16(19)15-11-14(15)13-7-4-3-5-8-13/h3-5,7-8,12,14-15H,6,9-11,17H2,1-2H3. The lowest BCUT2D eigenvalue weighted by atomic mass is 10.1. The van der Waals surface area contributed by atoms with E-state index in [9.17, 15) is 4.79 Å². The average Bonchev–Trinajstić information content (AvgIpc) is 3.20. The molecule has 0 saturated heterocycles. The van der Waals surface area contributed by atoms with Gasteiger partial charge in [0.2, 0.25) is 5.91 Å². The molecule has 2 unspecified atom stereocenters. The minimum Gasteiger partial charge on any atom is -0.340 e. The normalized spacial score (nSPS) is 21.5. The summed E-state index contributed by atoms with van der Waals surface area (Å²) in [5.41, 5.74) is 6.84. The van der Waals surface area contributed by atoms with Crippen molar-refractivity contribution in [3.63, 3.8) is 0 Å². The number of carbonyl (C=O) groups is 1. The zero-order valence-electron chi connectivity index (χ0n) is 11.9. The maximum absolute atomic E-state index is 12.5. The summed E-state index contributed by atoms with van der Waals surface area (Å²) in [6.07, 6.45) is 1.88. The van der Waals surface area contributed by atoms with Crippen molar-refractivity contribution in [1.29, 1.82) is 0 Å². The molecule has 1 saturated carbocycles. The predicted octanol–water partition coefficient (Wildman–Crippen LogP) is 2.38. The molecule has 3 nitrogen and oxygen atoms in total. The van der Waals surface area contributed by atoms with Crippen molar-refractivity contribution in [1.82, 2.24) is 4.90 Å². The van der Waals surface area contributed by atoms with Gasteiger partial charge in [-0.2, -0.15) is 0 Å². The molecule has 0 heterocycles. The van der Waals surface area contributed by atoms with Crippen LogP contribution in [0.5, 0.6) is 0 Å². The first-order chi connectivity index (χ1) is 9.15. The van der Waals surface area contributed by atoms with Crippen molar-refractivity contribution in [2.75, 3.05) is 13.1 Å². The van der Waals surface area contributed by atoms with Gasteiger partial charge in [-0.3, -0.25) is 4.79 Å². The molecule has 104 valence electrons. The molecule has 1 aromatic rings. The summed E-state index contributed by atoms with van der Waals surface area (Å²) >= 11 is 0. The highest BCUT2D eigenvalue weighted by atomic mass is 16.2. The Morgan fingerprint density at radius 2 is 2.05 bits per heavy atom. The SMILES string of the molecule is CC(C)N(CCCN)C(=O)C1CC1c1ccccc1. The van der Waals surface area contributed by atoms with E-state index in [-0.39, 0.29) is 12.0 Å². The molecule has 1 fully saturated rings. The van der Waals surface area contributed by atoms with Gasteiger partial charge in [0, 0.05) is 18.5 Å². The second kappa shape index (κ2) is 6.20. The molecule has 2 rings (SSSR count). The van der Waals surface area contributed by atoms with Crippen molar-refractivity contribution in [2.24, 2.45) is 11.7 Å². The summed E-state index contributed by atoms with van der Waals surface area (Å²) in [6.45, 7) is 5.58. The van der Waals surface area contributed by atoms with Crippen molar-refractivity contribution in [3.8, 4) is 0 Å². The van der Waals surface area contributed by atoms with Gasteiger partial charge in [0.1, 0.15) is 0 Å². The summed E-state index contributed by atoms with van der Waals surface area (Å²) in [5, 5.41) is 0. The Morgan fingerprint density at radius 1 is 1.37 bits per heavy atom. The number of nitrogens with zero attached hydrogens (tertiary/aromatic N) is 1. The topological polar surface area (TPSA) is 46.3 Å². The van der Waals surface area contributed by atoms with E-state index in [0.717, 1.165) is 19.4 Å². The molecule has 0 radical (unpaired) electrons. The maximum Gasteiger partial charge on any atom is 0.226 e. The summed E-state index contributed by atoms with van der Waals surface area (Å²) in [5.74, 6) is 0.910. The Labute approximate surface area is 115 Å². The fraction of sp³-hybridized carbons (Fsp3) is 0.562. The molecule has 1 aliphatic carbocycles. The molecule has 1 amide bonds. The number of nitrogens with two attached hydrogens (primary N) is 1. The van der Waals surface area contributed by atoms with Crippen LogP contribution < -0.4 is 5.73 Å². The Morgan fingerprint density at radius 3 is 2.63 bits per heavy atom. The lowest BCUT2D eigenvalue weighted by Gasteiger charge is -2.27. The van der Waals surface area contributed by atoms with Crippen LogP contribution in [0.4, 0.5) is 0 Å². The van der Waals surface area contributed by atoms with E-state index < -0.39 is 0 Å². The van der Waals surface area contributed by atoms with Gasteiger partial charge in [0.25, 0.3) is 0 Å². The largest absolute Gasteiger partial charge is 0.340 e. The van der Waals surface area contributed by atoms with Crippen LogP contribution in [0.25, 0.3) is 0 Å². The molecule has 0 bridgehead atoms. The Bertz CT molecular complexity index is 416. The van der Waals surface area contributed by atoms with Crippen molar-refractivity contribution >= 4 is 5.91 Å². The smallest absolute Gasteiger partial charge is 0.226 e. The first kappa shape index (κ1) is 14.1. The number of amides is 1. The van der Waals surface area contributed by atoms with Gasteiger partial charge in [-0.25, -0.2) is 0 Å². The number of rotatable bonds is 6. The van der Waals surface area contributed by atoms with Gasteiger partial charge in [-0.05, 0) is 44.7 Å². The Balaban J connectivity index is 1.97. The molecule has 1 aromatic carbocycles. The van der Waals surface area contributed by atoms with E-state index >= 15 is 0 Å². The maximum atomic E-state index is 12.5. The molecular weight excluding hydrogens is 236 g/mol. The van der Waals surface area contributed by atoms with Crippen molar-refractivity contribution in [3.05, 3.63) is 35.9 Å². The molecule has 0 spiro atoms. The number of hydrogen-bond acceptors (Lipinski definition) is 2. The molecule has 2 N–H and O–H groups in total. The van der Waals surface area contributed by atoms with E-state index in [0.29, 0.717) is 18.4 Å². The Kier molecular flexibility index (Phi) is 4.59. The van der Waals surface area contributed by atoms with Crippen molar-refractivity contribution < 1.29 is 4.79 Å². The van der Waals surface area contributed by atoms with Gasteiger partial charge in [-0.15, -0.1) is 0 Å². The van der Waals surface area contributed by atoms with Crippen LogP contribution in [0.2, 0.25) is 0 Å². The van der Waals surface area contributed by atoms with Gasteiger partial charge < -0.3 is 10.6 Å². The van der Waals surface area contributed by atoms with Gasteiger partial charge in [0.15, 0.2) is 0 Å². The molecule has 2 atom stereocenters. The zero-order chi connectivity index (χ0) is 13.8. The van der Waals surface area contributed by atoms with Gasteiger partial charge in [-0.1, -0.05) is 30.3 Å². The molecular formula is C16H24N2O. The fourth-order valence-corrected chi connectivity index (χ4v) is 2.63. The number of benzene rings is 1. The number of hydrogen-bond donors (Lipinski definition) is 1. The molecule has 1 aliphatic rings. The van der Waals surface area contributed by atoms with Crippen LogP contribution in [0.3, 0.4) is 0 Å². The van der Waals surface area contributed by atoms with Crippen LogP contribution in [0.15, 0.2) is 30.3 Å². The highest BCUT2D eigenvalue weighted by Gasteiger charge is 2.45. The average molecular weight is 260 g/mol. The van der Waals surface area contributed by atoms with Crippen LogP contribution in [0.1, 0.15) is 38.2 Å². The second-order valence-electron chi connectivity index (χ2n) is 5.63. The van der Waals surface area contributed by atoms with Gasteiger partial charge >= 0.3 is 0 Å². The van der Waals surface area contributed by atoms with Gasteiger partial charge in [0.05, 0.1) is 0 Å². The summed E-state index contributed by atoms with van der Waals surface area (Å²) in [4.78, 5) is 14.5. The summed E-state index contributed by atoms with van der Waals surface area (Å²) in [7, 11) is 0.